The summed E-state index contributed by atoms with van der Waals surface area (Å²) in [5, 5.41) is 6.87. The molecule has 0 aromatic rings. The first-order chi connectivity index (χ1) is 6.38. The third-order valence-corrected chi connectivity index (χ3v) is 3.57. The van der Waals surface area contributed by atoms with Crippen molar-refractivity contribution in [3.05, 3.63) is 0 Å². The van der Waals surface area contributed by atoms with Crippen LogP contribution in [0.4, 0.5) is 0 Å². The molecule has 2 atom stereocenters. The van der Waals surface area contributed by atoms with E-state index in [2.05, 4.69) is 10.6 Å². The molecule has 2 aliphatic heterocycles. The molecule has 0 spiro atoms. The molecule has 0 amide bonds. The molecular weight excluding hydrogens is 162 g/mol. The van der Waals surface area contributed by atoms with Crippen LogP contribution in [-0.4, -0.2) is 32.2 Å². The summed E-state index contributed by atoms with van der Waals surface area (Å²) in [6, 6.07) is 0.448. The Morgan fingerprint density at radius 2 is 1.62 bits per heavy atom. The number of nitrogens with one attached hydrogen (secondary N) is 2. The van der Waals surface area contributed by atoms with Crippen molar-refractivity contribution in [3.8, 4) is 0 Å². The van der Waals surface area contributed by atoms with Crippen LogP contribution < -0.4 is 16.4 Å². The fraction of sp³-hybridized carbons (Fsp3) is 1.00. The van der Waals surface area contributed by atoms with Crippen molar-refractivity contribution in [2.75, 3.05) is 26.2 Å². The van der Waals surface area contributed by atoms with Gasteiger partial charge >= 0.3 is 0 Å². The van der Waals surface area contributed by atoms with Crippen LogP contribution in [0.1, 0.15) is 19.3 Å². The molecule has 2 aliphatic rings. The minimum atomic E-state index is 0.448. The highest BCUT2D eigenvalue weighted by Gasteiger charge is 2.29. The Hall–Kier alpha value is -0.120. The van der Waals surface area contributed by atoms with Crippen molar-refractivity contribution in [1.82, 2.24) is 10.6 Å². The monoisotopic (exact) mass is 183 g/mol. The Morgan fingerprint density at radius 1 is 0.923 bits per heavy atom. The SMILES string of the molecule is NC1CCNCC1C1CCNCC1. The molecule has 2 rings (SSSR count). The third kappa shape index (κ3) is 2.22. The van der Waals surface area contributed by atoms with Gasteiger partial charge in [0.15, 0.2) is 0 Å². The average molecular weight is 183 g/mol. The lowest BCUT2D eigenvalue weighted by atomic mass is 9.78. The standard InChI is InChI=1S/C10H21N3/c11-10-3-6-13-7-9(10)8-1-4-12-5-2-8/h8-10,12-13H,1-7,11H2. The predicted octanol–water partition coefficient (Wildman–Crippen LogP) is -0.0772. The van der Waals surface area contributed by atoms with Crippen LogP contribution in [0.5, 0.6) is 0 Å². The summed E-state index contributed by atoms with van der Waals surface area (Å²) < 4.78 is 0. The van der Waals surface area contributed by atoms with Gasteiger partial charge in [-0.1, -0.05) is 0 Å². The van der Waals surface area contributed by atoms with Gasteiger partial charge in [-0.05, 0) is 57.3 Å². The van der Waals surface area contributed by atoms with Gasteiger partial charge in [0.2, 0.25) is 0 Å². The third-order valence-electron chi connectivity index (χ3n) is 3.57. The van der Waals surface area contributed by atoms with Gasteiger partial charge in [-0.3, -0.25) is 0 Å². The van der Waals surface area contributed by atoms with E-state index >= 15 is 0 Å². The molecule has 3 nitrogen and oxygen atoms in total. The van der Waals surface area contributed by atoms with Gasteiger partial charge in [0.1, 0.15) is 0 Å². The molecule has 2 saturated heterocycles. The molecule has 0 saturated carbocycles. The van der Waals surface area contributed by atoms with Crippen molar-refractivity contribution < 1.29 is 0 Å². The Labute approximate surface area is 80.5 Å². The highest BCUT2D eigenvalue weighted by molar-refractivity contribution is 4.87. The van der Waals surface area contributed by atoms with Crippen molar-refractivity contribution in [3.63, 3.8) is 0 Å². The molecule has 13 heavy (non-hydrogen) atoms. The van der Waals surface area contributed by atoms with E-state index in [4.69, 9.17) is 5.73 Å². The second kappa shape index (κ2) is 4.40. The van der Waals surface area contributed by atoms with Crippen LogP contribution in [0.25, 0.3) is 0 Å². The Balaban J connectivity index is 1.88. The second-order valence-corrected chi connectivity index (χ2v) is 4.41. The van der Waals surface area contributed by atoms with Crippen molar-refractivity contribution in [2.45, 2.75) is 25.3 Å². The maximum atomic E-state index is 6.15. The second-order valence-electron chi connectivity index (χ2n) is 4.41. The summed E-state index contributed by atoms with van der Waals surface area (Å²) in [6.45, 7) is 4.64. The number of rotatable bonds is 1. The smallest absolute Gasteiger partial charge is 0.00940 e. The molecule has 3 heteroatoms. The first-order valence-corrected chi connectivity index (χ1v) is 5.55. The van der Waals surface area contributed by atoms with Crippen molar-refractivity contribution >= 4 is 0 Å². The average Bonchev–Trinajstić information content (AvgIpc) is 2.20. The van der Waals surface area contributed by atoms with Crippen LogP contribution in [-0.2, 0) is 0 Å². The summed E-state index contributed by atoms with van der Waals surface area (Å²) in [5.74, 6) is 1.60. The largest absolute Gasteiger partial charge is 0.327 e. The summed E-state index contributed by atoms with van der Waals surface area (Å²) in [5.41, 5.74) is 6.15. The van der Waals surface area contributed by atoms with Gasteiger partial charge in [-0.2, -0.15) is 0 Å². The van der Waals surface area contributed by atoms with E-state index in [9.17, 15) is 0 Å². The minimum Gasteiger partial charge on any atom is -0.327 e. The highest BCUT2D eigenvalue weighted by Crippen LogP contribution is 2.26. The van der Waals surface area contributed by atoms with Gasteiger partial charge in [-0.25, -0.2) is 0 Å². The summed E-state index contributed by atoms with van der Waals surface area (Å²) >= 11 is 0. The zero-order valence-electron chi connectivity index (χ0n) is 8.26. The van der Waals surface area contributed by atoms with Crippen LogP contribution in [0.3, 0.4) is 0 Å². The maximum absolute atomic E-state index is 6.15. The lowest BCUT2D eigenvalue weighted by Crippen LogP contribution is -2.49. The summed E-state index contributed by atoms with van der Waals surface area (Å²) in [4.78, 5) is 0. The molecule has 0 bridgehead atoms. The fourth-order valence-electron chi connectivity index (χ4n) is 2.69. The lowest BCUT2D eigenvalue weighted by molar-refractivity contribution is 0.191. The summed E-state index contributed by atoms with van der Waals surface area (Å²) in [6.07, 6.45) is 3.80. The van der Waals surface area contributed by atoms with E-state index in [1.165, 1.54) is 25.9 Å². The molecule has 0 aromatic heterocycles. The number of hydrogen-bond donors (Lipinski definition) is 3. The minimum absolute atomic E-state index is 0.448. The molecule has 76 valence electrons. The molecule has 2 heterocycles. The molecule has 2 fully saturated rings. The number of nitrogens with two attached hydrogens (primary N) is 1. The molecule has 0 aromatic carbocycles. The Bertz CT molecular complexity index is 154. The topological polar surface area (TPSA) is 50.1 Å². The van der Waals surface area contributed by atoms with Crippen LogP contribution in [0.15, 0.2) is 0 Å². The zero-order valence-corrected chi connectivity index (χ0v) is 8.26. The number of piperidine rings is 2. The van der Waals surface area contributed by atoms with Gasteiger partial charge in [0, 0.05) is 6.04 Å². The first-order valence-electron chi connectivity index (χ1n) is 5.55. The Morgan fingerprint density at radius 3 is 2.31 bits per heavy atom. The van der Waals surface area contributed by atoms with Gasteiger partial charge in [0.25, 0.3) is 0 Å². The van der Waals surface area contributed by atoms with Gasteiger partial charge in [0.05, 0.1) is 0 Å². The van der Waals surface area contributed by atoms with E-state index in [0.717, 1.165) is 31.3 Å². The molecule has 0 aliphatic carbocycles. The molecular formula is C10H21N3. The van der Waals surface area contributed by atoms with Crippen molar-refractivity contribution in [2.24, 2.45) is 17.6 Å². The number of hydrogen-bond acceptors (Lipinski definition) is 3. The van der Waals surface area contributed by atoms with E-state index < -0.39 is 0 Å². The van der Waals surface area contributed by atoms with E-state index in [1.807, 2.05) is 0 Å². The van der Waals surface area contributed by atoms with Crippen LogP contribution in [0, 0.1) is 11.8 Å². The lowest BCUT2D eigenvalue weighted by Gasteiger charge is -2.37. The quantitative estimate of drug-likeness (QED) is 0.533. The van der Waals surface area contributed by atoms with Gasteiger partial charge in [-0.15, -0.1) is 0 Å². The maximum Gasteiger partial charge on any atom is 0.00940 e. The molecule has 0 radical (unpaired) electrons. The first kappa shape index (κ1) is 9.44. The molecule has 2 unspecified atom stereocenters. The predicted molar refractivity (Wildman–Crippen MR) is 54.5 cm³/mol. The fourth-order valence-corrected chi connectivity index (χ4v) is 2.69. The summed E-state index contributed by atoms with van der Waals surface area (Å²) in [7, 11) is 0. The molecule has 4 N–H and O–H groups in total. The van der Waals surface area contributed by atoms with Gasteiger partial charge < -0.3 is 16.4 Å². The van der Waals surface area contributed by atoms with E-state index in [0.29, 0.717) is 6.04 Å². The van der Waals surface area contributed by atoms with E-state index in [-0.39, 0.29) is 0 Å². The van der Waals surface area contributed by atoms with Crippen LogP contribution >= 0.6 is 0 Å². The van der Waals surface area contributed by atoms with Crippen LogP contribution in [0.2, 0.25) is 0 Å². The van der Waals surface area contributed by atoms with E-state index in [1.54, 1.807) is 0 Å². The van der Waals surface area contributed by atoms with Crippen molar-refractivity contribution in [1.29, 1.82) is 0 Å². The normalized spacial score (nSPS) is 37.6. The highest BCUT2D eigenvalue weighted by atomic mass is 14.9. The zero-order chi connectivity index (χ0) is 9.10. The Kier molecular flexibility index (Phi) is 3.19.